The maximum Gasteiger partial charge on any atom is 0.241 e. The lowest BCUT2D eigenvalue weighted by Gasteiger charge is -2.16. The van der Waals surface area contributed by atoms with E-state index >= 15 is 0 Å². The summed E-state index contributed by atoms with van der Waals surface area (Å²) < 4.78 is 0. The molecule has 0 atom stereocenters. The van der Waals surface area contributed by atoms with Crippen LogP contribution in [0.25, 0.3) is 11.6 Å². The molecule has 1 aliphatic carbocycles. The van der Waals surface area contributed by atoms with Gasteiger partial charge in [0.1, 0.15) is 5.75 Å². The van der Waals surface area contributed by atoms with Gasteiger partial charge in [-0.05, 0) is 66.2 Å². The molecule has 1 saturated carbocycles. The van der Waals surface area contributed by atoms with E-state index in [0.717, 1.165) is 24.0 Å². The fourth-order valence-electron chi connectivity index (χ4n) is 3.55. The SMILES string of the molecule is NC(=O)C=Cc1ccc(C(=C2CCCCCC2)c2ccc(O)cc2)cc1. The van der Waals surface area contributed by atoms with Gasteiger partial charge in [-0.2, -0.15) is 0 Å². The van der Waals surface area contributed by atoms with Crippen molar-refractivity contribution in [1.82, 2.24) is 0 Å². The van der Waals surface area contributed by atoms with Crippen LogP contribution in [0.2, 0.25) is 0 Å². The van der Waals surface area contributed by atoms with Crippen molar-refractivity contribution >= 4 is 17.6 Å². The van der Waals surface area contributed by atoms with Gasteiger partial charge in [-0.15, -0.1) is 0 Å². The summed E-state index contributed by atoms with van der Waals surface area (Å²) in [5.41, 5.74) is 11.2. The molecule has 0 bridgehead atoms. The average Bonchev–Trinajstić information content (AvgIpc) is 2.92. The average molecular weight is 347 g/mol. The molecule has 3 N–H and O–H groups in total. The molecule has 3 nitrogen and oxygen atoms in total. The molecule has 2 aromatic rings. The number of primary amides is 1. The van der Waals surface area contributed by atoms with Crippen molar-refractivity contribution in [3.63, 3.8) is 0 Å². The van der Waals surface area contributed by atoms with E-state index in [9.17, 15) is 9.90 Å². The Kier molecular flexibility index (Phi) is 5.90. The van der Waals surface area contributed by atoms with Crippen LogP contribution in [0.4, 0.5) is 0 Å². The van der Waals surface area contributed by atoms with Crippen LogP contribution in [-0.4, -0.2) is 11.0 Å². The number of hydrogen-bond acceptors (Lipinski definition) is 2. The standard InChI is InChI=1S/C23H25NO2/c24-22(26)16-9-17-7-10-19(11-8-17)23(18-5-3-1-2-4-6-18)20-12-14-21(25)15-13-20/h7-16,25H,1-6H2,(H2,24,26). The van der Waals surface area contributed by atoms with Crippen LogP contribution in [0.3, 0.4) is 0 Å². The van der Waals surface area contributed by atoms with Crippen LogP contribution in [0.1, 0.15) is 55.2 Å². The molecule has 1 fully saturated rings. The number of aromatic hydroxyl groups is 1. The quantitative estimate of drug-likeness (QED) is 0.601. The Balaban J connectivity index is 2.01. The third kappa shape index (κ3) is 4.63. The van der Waals surface area contributed by atoms with Crippen molar-refractivity contribution in [2.24, 2.45) is 5.73 Å². The summed E-state index contributed by atoms with van der Waals surface area (Å²) in [6.07, 6.45) is 10.4. The highest BCUT2D eigenvalue weighted by Crippen LogP contribution is 2.35. The maximum atomic E-state index is 10.9. The van der Waals surface area contributed by atoms with E-state index in [2.05, 4.69) is 12.1 Å². The fraction of sp³-hybridized carbons (Fsp3) is 0.261. The predicted molar refractivity (Wildman–Crippen MR) is 107 cm³/mol. The highest BCUT2D eigenvalue weighted by molar-refractivity contribution is 5.90. The van der Waals surface area contributed by atoms with Crippen molar-refractivity contribution in [2.75, 3.05) is 0 Å². The van der Waals surface area contributed by atoms with Crippen LogP contribution in [0, 0.1) is 0 Å². The number of amides is 1. The lowest BCUT2D eigenvalue weighted by atomic mass is 9.89. The molecule has 2 aromatic carbocycles. The summed E-state index contributed by atoms with van der Waals surface area (Å²) in [7, 11) is 0. The Hall–Kier alpha value is -2.81. The van der Waals surface area contributed by atoms with E-state index in [1.165, 1.54) is 48.5 Å². The van der Waals surface area contributed by atoms with Crippen LogP contribution in [0.5, 0.6) is 5.75 Å². The number of hydrogen-bond donors (Lipinski definition) is 2. The third-order valence-corrected chi connectivity index (χ3v) is 4.86. The number of carbonyl (C=O) groups is 1. The molecule has 26 heavy (non-hydrogen) atoms. The molecule has 1 aliphatic rings. The first-order valence-electron chi connectivity index (χ1n) is 9.23. The Labute approximate surface area is 154 Å². The van der Waals surface area contributed by atoms with Crippen molar-refractivity contribution in [3.8, 4) is 5.75 Å². The fourth-order valence-corrected chi connectivity index (χ4v) is 3.55. The Bertz CT molecular complexity index is 804. The molecule has 0 heterocycles. The zero-order chi connectivity index (χ0) is 18.4. The van der Waals surface area contributed by atoms with Crippen LogP contribution < -0.4 is 5.73 Å². The Morgan fingerprint density at radius 3 is 1.92 bits per heavy atom. The lowest BCUT2D eigenvalue weighted by Crippen LogP contribution is -2.05. The zero-order valence-corrected chi connectivity index (χ0v) is 14.9. The first kappa shape index (κ1) is 18.0. The number of nitrogens with two attached hydrogens (primary N) is 1. The van der Waals surface area contributed by atoms with E-state index in [4.69, 9.17) is 5.73 Å². The largest absolute Gasteiger partial charge is 0.508 e. The number of allylic oxidation sites excluding steroid dienone is 1. The van der Waals surface area contributed by atoms with Gasteiger partial charge >= 0.3 is 0 Å². The van der Waals surface area contributed by atoms with Gasteiger partial charge < -0.3 is 10.8 Å². The minimum atomic E-state index is -0.445. The van der Waals surface area contributed by atoms with E-state index in [0.29, 0.717) is 0 Å². The molecule has 0 saturated heterocycles. The van der Waals surface area contributed by atoms with Crippen molar-refractivity contribution in [1.29, 1.82) is 0 Å². The molecule has 0 spiro atoms. The second-order valence-corrected chi connectivity index (χ2v) is 6.80. The number of benzene rings is 2. The topological polar surface area (TPSA) is 63.3 Å². The molecule has 3 heteroatoms. The van der Waals surface area contributed by atoms with Crippen LogP contribution in [-0.2, 0) is 4.79 Å². The van der Waals surface area contributed by atoms with Crippen molar-refractivity contribution in [3.05, 3.63) is 76.9 Å². The predicted octanol–water partition coefficient (Wildman–Crippen LogP) is 5.05. The number of phenols is 1. The first-order chi connectivity index (χ1) is 12.6. The highest BCUT2D eigenvalue weighted by atomic mass is 16.3. The monoisotopic (exact) mass is 347 g/mol. The Morgan fingerprint density at radius 1 is 0.846 bits per heavy atom. The molecule has 134 valence electrons. The lowest BCUT2D eigenvalue weighted by molar-refractivity contribution is -0.113. The second kappa shape index (κ2) is 8.52. The van der Waals surface area contributed by atoms with Gasteiger partial charge in [0.15, 0.2) is 0 Å². The van der Waals surface area contributed by atoms with E-state index in [1.54, 1.807) is 18.2 Å². The molecule has 0 aromatic heterocycles. The highest BCUT2D eigenvalue weighted by Gasteiger charge is 2.14. The summed E-state index contributed by atoms with van der Waals surface area (Å²) in [6, 6.07) is 15.7. The van der Waals surface area contributed by atoms with Gasteiger partial charge in [0.25, 0.3) is 0 Å². The molecular weight excluding hydrogens is 322 g/mol. The van der Waals surface area contributed by atoms with E-state index < -0.39 is 5.91 Å². The number of phenolic OH excluding ortho intramolecular Hbond substituents is 1. The van der Waals surface area contributed by atoms with Gasteiger partial charge in [-0.1, -0.05) is 54.8 Å². The van der Waals surface area contributed by atoms with Gasteiger partial charge in [0.2, 0.25) is 5.91 Å². The molecule has 0 unspecified atom stereocenters. The molecular formula is C23H25NO2. The maximum absolute atomic E-state index is 10.9. The van der Waals surface area contributed by atoms with E-state index in [-0.39, 0.29) is 5.75 Å². The summed E-state index contributed by atoms with van der Waals surface area (Å²) in [4.78, 5) is 10.9. The molecule has 0 aliphatic heterocycles. The van der Waals surface area contributed by atoms with Crippen molar-refractivity contribution in [2.45, 2.75) is 38.5 Å². The van der Waals surface area contributed by atoms with Crippen LogP contribution in [0.15, 0.2) is 60.2 Å². The van der Waals surface area contributed by atoms with Crippen LogP contribution >= 0.6 is 0 Å². The molecule has 3 rings (SSSR count). The van der Waals surface area contributed by atoms with Gasteiger partial charge in [0, 0.05) is 6.08 Å². The summed E-state index contributed by atoms with van der Waals surface area (Å²) in [5, 5.41) is 9.64. The summed E-state index contributed by atoms with van der Waals surface area (Å²) in [5.74, 6) is -0.162. The first-order valence-corrected chi connectivity index (χ1v) is 9.23. The van der Waals surface area contributed by atoms with Crippen molar-refractivity contribution < 1.29 is 9.90 Å². The second-order valence-electron chi connectivity index (χ2n) is 6.80. The number of rotatable bonds is 4. The molecule has 1 amide bonds. The smallest absolute Gasteiger partial charge is 0.241 e. The number of carbonyl (C=O) groups excluding carboxylic acids is 1. The normalized spacial score (nSPS) is 15.0. The van der Waals surface area contributed by atoms with E-state index in [1.807, 2.05) is 24.3 Å². The van der Waals surface area contributed by atoms with Gasteiger partial charge in [-0.3, -0.25) is 4.79 Å². The zero-order valence-electron chi connectivity index (χ0n) is 14.9. The Morgan fingerprint density at radius 2 is 1.38 bits per heavy atom. The summed E-state index contributed by atoms with van der Waals surface area (Å²) >= 11 is 0. The minimum Gasteiger partial charge on any atom is -0.508 e. The summed E-state index contributed by atoms with van der Waals surface area (Å²) in [6.45, 7) is 0. The third-order valence-electron chi connectivity index (χ3n) is 4.86. The minimum absolute atomic E-state index is 0.283. The van der Waals surface area contributed by atoms with Gasteiger partial charge in [0.05, 0.1) is 0 Å². The molecule has 0 radical (unpaired) electrons. The van der Waals surface area contributed by atoms with Gasteiger partial charge in [-0.25, -0.2) is 0 Å².